The molecule has 0 radical (unpaired) electrons. The minimum atomic E-state index is -0.330. The van der Waals surface area contributed by atoms with Crippen LogP contribution in [0, 0.1) is 17.1 Å². The first kappa shape index (κ1) is 16.7. The van der Waals surface area contributed by atoms with Crippen LogP contribution in [0.25, 0.3) is 0 Å². The highest BCUT2D eigenvalue weighted by Gasteiger charge is 2.24. The van der Waals surface area contributed by atoms with E-state index in [9.17, 15) is 14.0 Å². The number of hydrogen-bond donors (Lipinski definition) is 1. The second kappa shape index (κ2) is 7.14. The van der Waals surface area contributed by atoms with Crippen LogP contribution < -0.4 is 10.2 Å². The summed E-state index contributed by atoms with van der Waals surface area (Å²) in [5.74, 6) is -0.654. The largest absolute Gasteiger partial charge is 0.326 e. The van der Waals surface area contributed by atoms with E-state index in [4.69, 9.17) is 5.26 Å². The monoisotopic (exact) mass is 337 g/mol. The predicted octanol–water partition coefficient (Wildman–Crippen LogP) is 3.01. The van der Waals surface area contributed by atoms with Gasteiger partial charge in [0.05, 0.1) is 11.6 Å². The number of rotatable bonds is 4. The lowest BCUT2D eigenvalue weighted by molar-refractivity contribution is -0.119. The summed E-state index contributed by atoms with van der Waals surface area (Å²) in [4.78, 5) is 25.8. The van der Waals surface area contributed by atoms with Gasteiger partial charge in [0.1, 0.15) is 5.82 Å². The molecule has 0 spiro atoms. The molecule has 1 aliphatic rings. The Morgan fingerprint density at radius 1 is 1.24 bits per heavy atom. The Bertz CT molecular complexity index is 873. The minimum Gasteiger partial charge on any atom is -0.326 e. The summed E-state index contributed by atoms with van der Waals surface area (Å²) in [6.07, 6.45) is 0.928. The van der Waals surface area contributed by atoms with E-state index in [0.29, 0.717) is 29.8 Å². The standard InChI is InChI=1S/C19H16FN3O2/c20-15-5-6-17-14(11-15)4-7-19(25)23(17)9-8-18(24)22-16-3-1-2-13(10-16)12-21/h1-3,5-6,10-11H,4,7-9H2,(H,22,24). The van der Waals surface area contributed by atoms with Crippen LogP contribution in [-0.2, 0) is 16.0 Å². The maximum absolute atomic E-state index is 13.3. The number of nitrogens with zero attached hydrogens (tertiary/aromatic N) is 2. The molecule has 1 heterocycles. The van der Waals surface area contributed by atoms with Crippen molar-refractivity contribution in [3.63, 3.8) is 0 Å². The van der Waals surface area contributed by atoms with Gasteiger partial charge >= 0.3 is 0 Å². The van der Waals surface area contributed by atoms with Gasteiger partial charge in [0.15, 0.2) is 0 Å². The summed E-state index contributed by atoms with van der Waals surface area (Å²) in [5, 5.41) is 11.6. The van der Waals surface area contributed by atoms with Gasteiger partial charge in [0.25, 0.3) is 0 Å². The fraction of sp³-hybridized carbons (Fsp3) is 0.211. The number of anilines is 2. The van der Waals surface area contributed by atoms with Crippen LogP contribution in [0.3, 0.4) is 0 Å². The van der Waals surface area contributed by atoms with Gasteiger partial charge in [-0.25, -0.2) is 4.39 Å². The van der Waals surface area contributed by atoms with Crippen LogP contribution in [0.1, 0.15) is 24.0 Å². The summed E-state index contributed by atoms with van der Waals surface area (Å²) < 4.78 is 13.3. The van der Waals surface area contributed by atoms with Gasteiger partial charge in [-0.3, -0.25) is 9.59 Å². The van der Waals surface area contributed by atoms with Gasteiger partial charge in [0.2, 0.25) is 11.8 Å². The van der Waals surface area contributed by atoms with Crippen molar-refractivity contribution in [3.8, 4) is 6.07 Å². The molecule has 126 valence electrons. The van der Waals surface area contributed by atoms with Crippen molar-refractivity contribution < 1.29 is 14.0 Å². The zero-order valence-electron chi connectivity index (χ0n) is 13.5. The second-order valence-electron chi connectivity index (χ2n) is 5.81. The Morgan fingerprint density at radius 2 is 2.08 bits per heavy atom. The molecule has 25 heavy (non-hydrogen) atoms. The van der Waals surface area contributed by atoms with Crippen LogP contribution >= 0.6 is 0 Å². The molecule has 0 bridgehead atoms. The zero-order chi connectivity index (χ0) is 17.8. The number of nitrogens with one attached hydrogen (secondary N) is 1. The first-order valence-electron chi connectivity index (χ1n) is 7.95. The second-order valence-corrected chi connectivity index (χ2v) is 5.81. The Balaban J connectivity index is 1.66. The summed E-state index contributed by atoms with van der Waals surface area (Å²) in [6, 6.07) is 13.0. The Morgan fingerprint density at radius 3 is 2.88 bits per heavy atom. The van der Waals surface area contributed by atoms with Crippen molar-refractivity contribution in [3.05, 3.63) is 59.4 Å². The molecule has 1 aliphatic heterocycles. The molecule has 0 atom stereocenters. The molecule has 0 aromatic heterocycles. The third kappa shape index (κ3) is 3.83. The van der Waals surface area contributed by atoms with Gasteiger partial charge in [0, 0.05) is 30.8 Å². The van der Waals surface area contributed by atoms with Crippen LogP contribution in [0.4, 0.5) is 15.8 Å². The van der Waals surface area contributed by atoms with E-state index in [0.717, 1.165) is 5.56 Å². The van der Waals surface area contributed by atoms with Crippen LogP contribution in [0.15, 0.2) is 42.5 Å². The zero-order valence-corrected chi connectivity index (χ0v) is 13.5. The number of halogens is 1. The highest BCUT2D eigenvalue weighted by molar-refractivity contribution is 5.98. The molecule has 0 saturated heterocycles. The Labute approximate surface area is 144 Å². The summed E-state index contributed by atoms with van der Waals surface area (Å²) in [5.41, 5.74) is 2.44. The molecule has 0 saturated carbocycles. The molecule has 2 amide bonds. The van der Waals surface area contributed by atoms with Crippen molar-refractivity contribution in [2.75, 3.05) is 16.8 Å². The highest BCUT2D eigenvalue weighted by Crippen LogP contribution is 2.28. The number of aryl methyl sites for hydroxylation is 1. The summed E-state index contributed by atoms with van der Waals surface area (Å²) in [7, 11) is 0. The van der Waals surface area contributed by atoms with E-state index in [2.05, 4.69) is 5.32 Å². The fourth-order valence-electron chi connectivity index (χ4n) is 2.88. The van der Waals surface area contributed by atoms with Crippen LogP contribution in [0.5, 0.6) is 0 Å². The number of carbonyl (C=O) groups is 2. The van der Waals surface area contributed by atoms with Crippen LogP contribution in [0.2, 0.25) is 0 Å². The topological polar surface area (TPSA) is 73.2 Å². The van der Waals surface area contributed by atoms with E-state index in [1.807, 2.05) is 6.07 Å². The van der Waals surface area contributed by atoms with Crippen molar-refractivity contribution in [2.45, 2.75) is 19.3 Å². The molecule has 0 unspecified atom stereocenters. The molecule has 3 rings (SSSR count). The highest BCUT2D eigenvalue weighted by atomic mass is 19.1. The van der Waals surface area contributed by atoms with E-state index in [-0.39, 0.29) is 30.6 Å². The number of hydrogen-bond acceptors (Lipinski definition) is 3. The van der Waals surface area contributed by atoms with Crippen LogP contribution in [-0.4, -0.2) is 18.4 Å². The van der Waals surface area contributed by atoms with E-state index in [1.54, 1.807) is 30.3 Å². The molecule has 1 N–H and O–H groups in total. The predicted molar refractivity (Wildman–Crippen MR) is 91.5 cm³/mol. The molecule has 2 aromatic rings. The van der Waals surface area contributed by atoms with E-state index >= 15 is 0 Å². The third-order valence-corrected chi connectivity index (χ3v) is 4.08. The van der Waals surface area contributed by atoms with Gasteiger partial charge in [-0.05, 0) is 48.4 Å². The number of carbonyl (C=O) groups excluding carboxylic acids is 2. The number of benzene rings is 2. The fourth-order valence-corrected chi connectivity index (χ4v) is 2.88. The number of fused-ring (bicyclic) bond motifs is 1. The average Bonchev–Trinajstić information content (AvgIpc) is 2.61. The third-order valence-electron chi connectivity index (χ3n) is 4.08. The smallest absolute Gasteiger partial charge is 0.227 e. The maximum atomic E-state index is 13.3. The maximum Gasteiger partial charge on any atom is 0.227 e. The minimum absolute atomic E-state index is 0.0709. The number of amides is 2. The summed E-state index contributed by atoms with van der Waals surface area (Å²) in [6.45, 7) is 0.223. The van der Waals surface area contributed by atoms with Gasteiger partial charge in [-0.2, -0.15) is 5.26 Å². The van der Waals surface area contributed by atoms with E-state index in [1.165, 1.54) is 17.0 Å². The summed E-state index contributed by atoms with van der Waals surface area (Å²) >= 11 is 0. The first-order chi connectivity index (χ1) is 12.1. The molecule has 2 aromatic carbocycles. The number of nitriles is 1. The lowest BCUT2D eigenvalue weighted by atomic mass is 10.0. The van der Waals surface area contributed by atoms with Crippen molar-refractivity contribution in [1.82, 2.24) is 0 Å². The quantitative estimate of drug-likeness (QED) is 0.932. The first-order valence-corrected chi connectivity index (χ1v) is 7.95. The lowest BCUT2D eigenvalue weighted by Crippen LogP contribution is -2.37. The Kier molecular flexibility index (Phi) is 4.75. The normalized spacial score (nSPS) is 13.1. The molecule has 5 nitrogen and oxygen atoms in total. The molecular weight excluding hydrogens is 321 g/mol. The average molecular weight is 337 g/mol. The van der Waals surface area contributed by atoms with Gasteiger partial charge in [-0.15, -0.1) is 0 Å². The van der Waals surface area contributed by atoms with Crippen molar-refractivity contribution >= 4 is 23.2 Å². The lowest BCUT2D eigenvalue weighted by Gasteiger charge is -2.29. The van der Waals surface area contributed by atoms with Gasteiger partial charge < -0.3 is 10.2 Å². The molecule has 6 heteroatoms. The SMILES string of the molecule is N#Cc1cccc(NC(=O)CCN2C(=O)CCc3cc(F)ccc32)c1. The Hall–Kier alpha value is -3.20. The van der Waals surface area contributed by atoms with Crippen molar-refractivity contribution in [2.24, 2.45) is 0 Å². The molecule has 0 aliphatic carbocycles. The van der Waals surface area contributed by atoms with Crippen molar-refractivity contribution in [1.29, 1.82) is 5.26 Å². The van der Waals surface area contributed by atoms with Gasteiger partial charge in [-0.1, -0.05) is 6.07 Å². The molecular formula is C19H16FN3O2. The molecule has 0 fully saturated rings. The van der Waals surface area contributed by atoms with E-state index < -0.39 is 0 Å².